The van der Waals surface area contributed by atoms with Crippen molar-refractivity contribution < 1.29 is 0 Å². The predicted molar refractivity (Wildman–Crippen MR) is 106 cm³/mol. The van der Waals surface area contributed by atoms with Gasteiger partial charge in [-0.25, -0.2) is 14.5 Å². The fraction of sp³-hybridized carbons (Fsp3) is 0.0952. The number of thioether (sulfide) groups is 1. The van der Waals surface area contributed by atoms with E-state index in [0.29, 0.717) is 21.9 Å². The Morgan fingerprint density at radius 2 is 1.73 bits per heavy atom. The molecule has 0 saturated carbocycles. The number of nitrogens with zero attached hydrogens (tertiary/aromatic N) is 3. The van der Waals surface area contributed by atoms with Gasteiger partial charge < -0.3 is 0 Å². The zero-order chi connectivity index (χ0) is 17.9. The molecule has 128 valence electrons. The maximum Gasteiger partial charge on any atom is 0.267 e. The molecule has 0 aliphatic rings. The zero-order valence-corrected chi connectivity index (χ0v) is 15.1. The number of fused-ring (bicyclic) bond motifs is 1. The highest BCUT2D eigenvalue weighted by molar-refractivity contribution is 7.98. The second-order valence-corrected chi connectivity index (χ2v) is 6.91. The summed E-state index contributed by atoms with van der Waals surface area (Å²) >= 11 is 1.54. The number of benzene rings is 2. The Bertz CT molecular complexity index is 1120. The second-order valence-electron chi connectivity index (χ2n) is 5.97. The quantitative estimate of drug-likeness (QED) is 0.401. The van der Waals surface area contributed by atoms with Gasteiger partial charge in [-0.15, -0.1) is 0 Å². The summed E-state index contributed by atoms with van der Waals surface area (Å²) in [5.74, 6) is 1.36. The number of pyridine rings is 1. The standard InChI is InChI=1S/C21H17N3OS/c1-15-8-7-13-22-19(15)24-20(25)17-11-5-6-12-18(17)23-21(24)26-14-16-9-3-2-4-10-16/h2-13H,14H2,1H3. The highest BCUT2D eigenvalue weighted by atomic mass is 32.2. The molecule has 2 heterocycles. The Morgan fingerprint density at radius 3 is 2.54 bits per heavy atom. The van der Waals surface area contributed by atoms with E-state index in [4.69, 9.17) is 4.98 Å². The van der Waals surface area contributed by atoms with E-state index in [2.05, 4.69) is 17.1 Å². The molecule has 0 unspecified atom stereocenters. The number of para-hydroxylation sites is 1. The SMILES string of the molecule is Cc1cccnc1-n1c(SCc2ccccc2)nc2ccccc2c1=O. The first kappa shape index (κ1) is 16.5. The average molecular weight is 359 g/mol. The highest BCUT2D eigenvalue weighted by Crippen LogP contribution is 2.24. The van der Waals surface area contributed by atoms with E-state index in [1.807, 2.05) is 61.5 Å². The van der Waals surface area contributed by atoms with Crippen molar-refractivity contribution >= 4 is 22.7 Å². The number of hydrogen-bond donors (Lipinski definition) is 0. The van der Waals surface area contributed by atoms with Crippen LogP contribution in [0.3, 0.4) is 0 Å². The maximum absolute atomic E-state index is 13.2. The zero-order valence-electron chi connectivity index (χ0n) is 14.3. The van der Waals surface area contributed by atoms with Crippen molar-refractivity contribution in [2.24, 2.45) is 0 Å². The molecule has 0 fully saturated rings. The normalized spacial score (nSPS) is 11.0. The smallest absolute Gasteiger partial charge is 0.267 e. The lowest BCUT2D eigenvalue weighted by Crippen LogP contribution is -2.23. The monoisotopic (exact) mass is 359 g/mol. The van der Waals surface area contributed by atoms with Crippen LogP contribution in [0, 0.1) is 6.92 Å². The number of aryl methyl sites for hydroxylation is 1. The summed E-state index contributed by atoms with van der Waals surface area (Å²) < 4.78 is 1.63. The van der Waals surface area contributed by atoms with E-state index in [0.717, 1.165) is 11.3 Å². The molecule has 0 saturated heterocycles. The van der Waals surface area contributed by atoms with E-state index in [1.165, 1.54) is 5.56 Å². The minimum absolute atomic E-state index is 0.0899. The molecule has 2 aromatic carbocycles. The van der Waals surface area contributed by atoms with E-state index in [1.54, 1.807) is 22.5 Å². The Hall–Kier alpha value is -2.92. The summed E-state index contributed by atoms with van der Waals surface area (Å²) in [6.07, 6.45) is 1.70. The van der Waals surface area contributed by atoms with Crippen LogP contribution in [0.15, 0.2) is 82.9 Å². The first-order valence-electron chi connectivity index (χ1n) is 8.34. The molecular weight excluding hydrogens is 342 g/mol. The molecule has 0 aliphatic carbocycles. The van der Waals surface area contributed by atoms with Crippen molar-refractivity contribution in [2.75, 3.05) is 0 Å². The van der Waals surface area contributed by atoms with Crippen molar-refractivity contribution in [3.05, 3.63) is 94.4 Å². The molecule has 0 aliphatic heterocycles. The van der Waals surface area contributed by atoms with Gasteiger partial charge in [-0.2, -0.15) is 0 Å². The molecule has 0 radical (unpaired) electrons. The van der Waals surface area contributed by atoms with E-state index in [9.17, 15) is 4.79 Å². The van der Waals surface area contributed by atoms with Crippen molar-refractivity contribution in [3.63, 3.8) is 0 Å². The van der Waals surface area contributed by atoms with Crippen LogP contribution in [0.2, 0.25) is 0 Å². The predicted octanol–water partition coefficient (Wildman–Crippen LogP) is 4.38. The van der Waals surface area contributed by atoms with Crippen LogP contribution in [-0.2, 0) is 5.75 Å². The van der Waals surface area contributed by atoms with E-state index >= 15 is 0 Å². The van der Waals surface area contributed by atoms with Crippen LogP contribution in [0.1, 0.15) is 11.1 Å². The van der Waals surface area contributed by atoms with Gasteiger partial charge in [0.15, 0.2) is 5.16 Å². The van der Waals surface area contributed by atoms with Gasteiger partial charge in [0.25, 0.3) is 5.56 Å². The minimum atomic E-state index is -0.0899. The highest BCUT2D eigenvalue weighted by Gasteiger charge is 2.15. The van der Waals surface area contributed by atoms with Crippen molar-refractivity contribution in [1.29, 1.82) is 0 Å². The van der Waals surface area contributed by atoms with Gasteiger partial charge in [0, 0.05) is 11.9 Å². The Morgan fingerprint density at radius 1 is 0.962 bits per heavy atom. The van der Waals surface area contributed by atoms with E-state index in [-0.39, 0.29) is 5.56 Å². The summed E-state index contributed by atoms with van der Waals surface area (Å²) in [4.78, 5) is 22.4. The number of rotatable bonds is 4. The Labute approximate surface area is 155 Å². The third-order valence-electron chi connectivity index (χ3n) is 4.15. The van der Waals surface area contributed by atoms with Gasteiger partial charge in [0.2, 0.25) is 0 Å². The van der Waals surface area contributed by atoms with Crippen LogP contribution in [-0.4, -0.2) is 14.5 Å². The third kappa shape index (κ3) is 3.13. The van der Waals surface area contributed by atoms with Gasteiger partial charge >= 0.3 is 0 Å². The fourth-order valence-corrected chi connectivity index (χ4v) is 3.78. The maximum atomic E-state index is 13.2. The number of hydrogen-bond acceptors (Lipinski definition) is 4. The summed E-state index contributed by atoms with van der Waals surface area (Å²) in [6.45, 7) is 1.95. The van der Waals surface area contributed by atoms with Gasteiger partial charge in [-0.3, -0.25) is 4.79 Å². The minimum Gasteiger partial charge on any atom is -0.268 e. The molecule has 4 aromatic rings. The average Bonchev–Trinajstić information content (AvgIpc) is 2.68. The Balaban J connectivity index is 1.88. The Kier molecular flexibility index (Phi) is 4.54. The first-order chi connectivity index (χ1) is 12.7. The molecular formula is C21H17N3OS. The summed E-state index contributed by atoms with van der Waals surface area (Å²) in [6, 6.07) is 21.4. The van der Waals surface area contributed by atoms with Crippen molar-refractivity contribution in [1.82, 2.24) is 14.5 Å². The molecule has 4 nitrogen and oxygen atoms in total. The molecule has 0 bridgehead atoms. The molecule has 2 aromatic heterocycles. The molecule has 0 amide bonds. The fourth-order valence-electron chi connectivity index (χ4n) is 2.83. The summed E-state index contributed by atoms with van der Waals surface area (Å²) in [7, 11) is 0. The lowest BCUT2D eigenvalue weighted by atomic mass is 10.2. The van der Waals surface area contributed by atoms with Gasteiger partial charge in [-0.1, -0.05) is 60.3 Å². The van der Waals surface area contributed by atoms with Crippen LogP contribution >= 0.6 is 11.8 Å². The molecule has 26 heavy (non-hydrogen) atoms. The molecule has 5 heteroatoms. The van der Waals surface area contributed by atoms with Gasteiger partial charge in [0.05, 0.1) is 10.9 Å². The second kappa shape index (κ2) is 7.14. The topological polar surface area (TPSA) is 47.8 Å². The van der Waals surface area contributed by atoms with Crippen LogP contribution in [0.25, 0.3) is 16.7 Å². The number of aromatic nitrogens is 3. The van der Waals surface area contributed by atoms with Crippen molar-refractivity contribution in [3.8, 4) is 5.82 Å². The molecule has 0 spiro atoms. The van der Waals surface area contributed by atoms with Gasteiger partial charge in [-0.05, 0) is 36.2 Å². The van der Waals surface area contributed by atoms with Crippen LogP contribution < -0.4 is 5.56 Å². The van der Waals surface area contributed by atoms with E-state index < -0.39 is 0 Å². The largest absolute Gasteiger partial charge is 0.268 e. The molecule has 0 N–H and O–H groups in total. The lowest BCUT2D eigenvalue weighted by molar-refractivity contribution is 0.789. The first-order valence-corrected chi connectivity index (χ1v) is 9.33. The lowest BCUT2D eigenvalue weighted by Gasteiger charge is -2.14. The third-order valence-corrected chi connectivity index (χ3v) is 5.16. The van der Waals surface area contributed by atoms with Crippen molar-refractivity contribution in [2.45, 2.75) is 17.8 Å². The summed E-state index contributed by atoms with van der Waals surface area (Å²) in [5, 5.41) is 1.25. The van der Waals surface area contributed by atoms with Crippen LogP contribution in [0.5, 0.6) is 0 Å². The summed E-state index contributed by atoms with van der Waals surface area (Å²) in [5.41, 5.74) is 2.74. The van der Waals surface area contributed by atoms with Crippen LogP contribution in [0.4, 0.5) is 0 Å². The molecule has 4 rings (SSSR count). The molecule has 0 atom stereocenters. The van der Waals surface area contributed by atoms with Gasteiger partial charge in [0.1, 0.15) is 5.82 Å².